The molecule has 0 spiro atoms. The van der Waals surface area contributed by atoms with E-state index in [4.69, 9.17) is 5.11 Å². The Morgan fingerprint density at radius 3 is 2.76 bits per heavy atom. The summed E-state index contributed by atoms with van der Waals surface area (Å²) in [4.78, 5) is 33.3. The Kier molecular flexibility index (Phi) is 3.28. The molecule has 0 bridgehead atoms. The maximum absolute atomic E-state index is 11.6. The predicted molar refractivity (Wildman–Crippen MR) is 57.1 cm³/mol. The number of hydrogen-bond acceptors (Lipinski definition) is 4. The van der Waals surface area contributed by atoms with E-state index in [0.717, 1.165) is 19.4 Å². The molecule has 7 heteroatoms. The Labute approximate surface area is 97.9 Å². The van der Waals surface area contributed by atoms with Crippen molar-refractivity contribution in [1.82, 2.24) is 16.0 Å². The Balaban J connectivity index is 1.77. The van der Waals surface area contributed by atoms with E-state index in [1.807, 2.05) is 0 Å². The van der Waals surface area contributed by atoms with Crippen molar-refractivity contribution in [1.29, 1.82) is 0 Å². The molecule has 2 amide bonds. The van der Waals surface area contributed by atoms with Gasteiger partial charge in [0.1, 0.15) is 0 Å². The van der Waals surface area contributed by atoms with Gasteiger partial charge in [-0.3, -0.25) is 14.4 Å². The van der Waals surface area contributed by atoms with E-state index in [2.05, 4.69) is 16.0 Å². The van der Waals surface area contributed by atoms with E-state index in [1.54, 1.807) is 0 Å². The van der Waals surface area contributed by atoms with Gasteiger partial charge in [-0.25, -0.2) is 0 Å². The summed E-state index contributed by atoms with van der Waals surface area (Å²) >= 11 is 0. The lowest BCUT2D eigenvalue weighted by molar-refractivity contribution is -0.155. The number of β-lactam (4-membered cyclic amide) rings is 1. The highest BCUT2D eigenvalue weighted by molar-refractivity contribution is 6.03. The second-order valence-electron chi connectivity index (χ2n) is 4.33. The Hall–Kier alpha value is -1.63. The summed E-state index contributed by atoms with van der Waals surface area (Å²) < 4.78 is 0. The summed E-state index contributed by atoms with van der Waals surface area (Å²) in [5, 5.41) is 16.9. The first kappa shape index (κ1) is 11.8. The van der Waals surface area contributed by atoms with E-state index >= 15 is 0 Å². The van der Waals surface area contributed by atoms with Crippen LogP contribution in [0.15, 0.2) is 0 Å². The lowest BCUT2D eigenvalue weighted by atomic mass is 9.90. The highest BCUT2D eigenvalue weighted by Gasteiger charge is 2.44. The van der Waals surface area contributed by atoms with Crippen molar-refractivity contribution in [2.75, 3.05) is 13.1 Å². The van der Waals surface area contributed by atoms with Gasteiger partial charge in [0.15, 0.2) is 5.92 Å². The van der Waals surface area contributed by atoms with Crippen LogP contribution in [-0.2, 0) is 14.4 Å². The number of nitrogens with one attached hydrogen (secondary N) is 3. The molecule has 2 heterocycles. The van der Waals surface area contributed by atoms with Gasteiger partial charge in [0, 0.05) is 6.54 Å². The summed E-state index contributed by atoms with van der Waals surface area (Å²) in [6, 6.07) is -0.681. The highest BCUT2D eigenvalue weighted by atomic mass is 16.4. The van der Waals surface area contributed by atoms with Crippen molar-refractivity contribution >= 4 is 17.8 Å². The first-order valence-electron chi connectivity index (χ1n) is 5.64. The van der Waals surface area contributed by atoms with Crippen LogP contribution in [0.1, 0.15) is 12.8 Å². The van der Waals surface area contributed by atoms with Crippen molar-refractivity contribution in [3.8, 4) is 0 Å². The van der Waals surface area contributed by atoms with Gasteiger partial charge >= 0.3 is 5.97 Å². The van der Waals surface area contributed by atoms with E-state index < -0.39 is 23.8 Å². The number of carbonyl (C=O) groups is 3. The molecular weight excluding hydrogens is 226 g/mol. The topological polar surface area (TPSA) is 108 Å². The van der Waals surface area contributed by atoms with Crippen molar-refractivity contribution < 1.29 is 19.5 Å². The second kappa shape index (κ2) is 4.70. The Morgan fingerprint density at radius 1 is 1.47 bits per heavy atom. The van der Waals surface area contributed by atoms with Crippen LogP contribution < -0.4 is 16.0 Å². The molecule has 2 aliphatic rings. The monoisotopic (exact) mass is 241 g/mol. The minimum atomic E-state index is -1.15. The summed E-state index contributed by atoms with van der Waals surface area (Å²) in [7, 11) is 0. The molecule has 3 unspecified atom stereocenters. The maximum atomic E-state index is 11.6. The third-order valence-corrected chi connectivity index (χ3v) is 3.15. The zero-order valence-electron chi connectivity index (χ0n) is 9.23. The fourth-order valence-electron chi connectivity index (χ4n) is 2.14. The van der Waals surface area contributed by atoms with Gasteiger partial charge in [0.25, 0.3) is 0 Å². The normalized spacial score (nSPS) is 31.5. The van der Waals surface area contributed by atoms with Crippen LogP contribution in [0.2, 0.25) is 0 Å². The third-order valence-electron chi connectivity index (χ3n) is 3.15. The van der Waals surface area contributed by atoms with Crippen molar-refractivity contribution in [3.63, 3.8) is 0 Å². The molecule has 2 rings (SSSR count). The summed E-state index contributed by atoms with van der Waals surface area (Å²) in [6.07, 6.45) is 1.77. The van der Waals surface area contributed by atoms with Crippen molar-refractivity contribution in [2.45, 2.75) is 24.9 Å². The highest BCUT2D eigenvalue weighted by Crippen LogP contribution is 2.14. The molecule has 0 aromatic rings. The first-order chi connectivity index (χ1) is 8.09. The quantitative estimate of drug-likeness (QED) is 0.338. The van der Waals surface area contributed by atoms with Crippen molar-refractivity contribution in [2.24, 2.45) is 5.92 Å². The van der Waals surface area contributed by atoms with Crippen molar-refractivity contribution in [3.05, 3.63) is 0 Å². The van der Waals surface area contributed by atoms with Gasteiger partial charge in [0.2, 0.25) is 11.8 Å². The maximum Gasteiger partial charge on any atom is 0.318 e. The van der Waals surface area contributed by atoms with Crippen LogP contribution >= 0.6 is 0 Å². The fourth-order valence-corrected chi connectivity index (χ4v) is 2.14. The van der Waals surface area contributed by atoms with E-state index in [9.17, 15) is 14.4 Å². The number of aliphatic carboxylic acids is 1. The van der Waals surface area contributed by atoms with Gasteiger partial charge in [0.05, 0.1) is 12.1 Å². The van der Waals surface area contributed by atoms with E-state index in [1.165, 1.54) is 0 Å². The molecule has 0 saturated carbocycles. The summed E-state index contributed by atoms with van der Waals surface area (Å²) in [5.41, 5.74) is 0. The average Bonchev–Trinajstić information content (AvgIpc) is 2.75. The molecule has 17 heavy (non-hydrogen) atoms. The largest absolute Gasteiger partial charge is 0.481 e. The zero-order valence-corrected chi connectivity index (χ0v) is 9.23. The number of hydrogen-bond donors (Lipinski definition) is 4. The predicted octanol–water partition coefficient (Wildman–Crippen LogP) is -1.95. The minimum absolute atomic E-state index is 0.132. The number of carboxylic acids is 1. The van der Waals surface area contributed by atoms with Gasteiger partial charge in [-0.2, -0.15) is 0 Å². The van der Waals surface area contributed by atoms with Crippen LogP contribution in [0.25, 0.3) is 0 Å². The molecule has 2 aliphatic heterocycles. The van der Waals surface area contributed by atoms with Gasteiger partial charge < -0.3 is 21.1 Å². The van der Waals surface area contributed by atoms with Crippen LogP contribution in [0, 0.1) is 5.92 Å². The number of carboxylic acid groups (broad SMARTS) is 1. The Bertz CT molecular complexity index is 343. The summed E-state index contributed by atoms with van der Waals surface area (Å²) in [6.45, 7) is 0.996. The number of amides is 2. The summed E-state index contributed by atoms with van der Waals surface area (Å²) in [5.74, 6) is -2.80. The molecule has 2 saturated heterocycles. The van der Waals surface area contributed by atoms with Gasteiger partial charge in [-0.05, 0) is 19.4 Å². The standard InChI is InChI=1S/C10H15N3O4/c14-8(5-2-1-3-11-5)12-4-6-7(10(16)17)9(15)13-6/h5-7,11H,1-4H2,(H,12,14)(H,13,15)(H,16,17). The molecule has 0 aromatic heterocycles. The molecule has 0 aromatic carbocycles. The molecule has 0 aliphatic carbocycles. The minimum Gasteiger partial charge on any atom is -0.481 e. The molecule has 2 fully saturated rings. The van der Waals surface area contributed by atoms with Crippen LogP contribution in [0.4, 0.5) is 0 Å². The molecule has 94 valence electrons. The molecule has 4 N–H and O–H groups in total. The van der Waals surface area contributed by atoms with Crippen LogP contribution in [0.3, 0.4) is 0 Å². The smallest absolute Gasteiger partial charge is 0.318 e. The van der Waals surface area contributed by atoms with Crippen LogP contribution in [0.5, 0.6) is 0 Å². The second-order valence-corrected chi connectivity index (χ2v) is 4.33. The number of carbonyl (C=O) groups excluding carboxylic acids is 2. The Morgan fingerprint density at radius 2 is 2.24 bits per heavy atom. The zero-order chi connectivity index (χ0) is 12.4. The lowest BCUT2D eigenvalue weighted by Gasteiger charge is -2.33. The average molecular weight is 241 g/mol. The molecule has 0 radical (unpaired) electrons. The third kappa shape index (κ3) is 2.38. The molecular formula is C10H15N3O4. The lowest BCUT2D eigenvalue weighted by Crippen LogP contribution is -2.65. The molecule has 3 atom stereocenters. The van der Waals surface area contributed by atoms with Crippen LogP contribution in [-0.4, -0.2) is 48.1 Å². The van der Waals surface area contributed by atoms with E-state index in [0.29, 0.717) is 0 Å². The first-order valence-corrected chi connectivity index (χ1v) is 5.64. The van der Waals surface area contributed by atoms with Gasteiger partial charge in [-0.15, -0.1) is 0 Å². The van der Waals surface area contributed by atoms with E-state index in [-0.39, 0.29) is 18.5 Å². The molecule has 7 nitrogen and oxygen atoms in total. The number of rotatable bonds is 4. The van der Waals surface area contributed by atoms with Gasteiger partial charge in [-0.1, -0.05) is 0 Å². The SMILES string of the molecule is O=C(NCC1NC(=O)C1C(=O)O)C1CCCN1. The fraction of sp³-hybridized carbons (Fsp3) is 0.700.